The molecule has 0 aromatic heterocycles. The van der Waals surface area contributed by atoms with Crippen LogP contribution in [-0.4, -0.2) is 62.6 Å². The van der Waals surface area contributed by atoms with Crippen molar-refractivity contribution in [3.63, 3.8) is 0 Å². The van der Waals surface area contributed by atoms with Gasteiger partial charge in [0.15, 0.2) is 0 Å². The molecule has 1 rings (SSSR count). The van der Waals surface area contributed by atoms with Crippen LogP contribution in [0.5, 0.6) is 0 Å². The van der Waals surface area contributed by atoms with Crippen LogP contribution >= 0.6 is 0 Å². The second kappa shape index (κ2) is 6.76. The SMILES string of the molecule is CNCCCC(=O)NN1CCN(C)CC1. The van der Waals surface area contributed by atoms with Crippen molar-refractivity contribution in [2.24, 2.45) is 0 Å². The number of nitrogens with one attached hydrogen (secondary N) is 2. The van der Waals surface area contributed by atoms with E-state index in [-0.39, 0.29) is 5.91 Å². The number of carbonyl (C=O) groups excluding carboxylic acids is 1. The van der Waals surface area contributed by atoms with Crippen molar-refractivity contribution in [2.75, 3.05) is 46.8 Å². The summed E-state index contributed by atoms with van der Waals surface area (Å²) >= 11 is 0. The molecule has 0 radical (unpaired) electrons. The highest BCUT2D eigenvalue weighted by Crippen LogP contribution is 1.96. The first-order chi connectivity index (χ1) is 7.22. The Balaban J connectivity index is 2.09. The lowest BCUT2D eigenvalue weighted by molar-refractivity contribution is -0.126. The van der Waals surface area contributed by atoms with Gasteiger partial charge in [0.05, 0.1) is 0 Å². The molecule has 2 N–H and O–H groups in total. The van der Waals surface area contributed by atoms with Gasteiger partial charge in [0.1, 0.15) is 0 Å². The number of hydrogen-bond acceptors (Lipinski definition) is 4. The van der Waals surface area contributed by atoms with E-state index in [9.17, 15) is 4.79 Å². The predicted molar refractivity (Wildman–Crippen MR) is 60.4 cm³/mol. The first kappa shape index (κ1) is 12.4. The number of carbonyl (C=O) groups is 1. The number of piperazine rings is 1. The van der Waals surface area contributed by atoms with E-state index in [0.717, 1.165) is 39.1 Å². The molecule has 5 heteroatoms. The summed E-state index contributed by atoms with van der Waals surface area (Å²) in [6.45, 7) is 4.80. The molecule has 0 aromatic carbocycles. The van der Waals surface area contributed by atoms with Crippen molar-refractivity contribution in [3.05, 3.63) is 0 Å². The molecule has 1 heterocycles. The maximum absolute atomic E-state index is 11.5. The third kappa shape index (κ3) is 5.11. The van der Waals surface area contributed by atoms with Crippen LogP contribution in [0.15, 0.2) is 0 Å². The number of likely N-dealkylation sites (N-methyl/N-ethyl adjacent to an activating group) is 1. The maximum atomic E-state index is 11.5. The highest BCUT2D eigenvalue weighted by Gasteiger charge is 2.14. The van der Waals surface area contributed by atoms with Gasteiger partial charge >= 0.3 is 0 Å². The van der Waals surface area contributed by atoms with Gasteiger partial charge in [-0.25, -0.2) is 5.01 Å². The molecule has 1 aliphatic rings. The van der Waals surface area contributed by atoms with Gasteiger partial charge in [-0.1, -0.05) is 0 Å². The highest BCUT2D eigenvalue weighted by atomic mass is 16.2. The first-order valence-corrected chi connectivity index (χ1v) is 5.60. The molecule has 0 aliphatic carbocycles. The molecule has 15 heavy (non-hydrogen) atoms. The van der Waals surface area contributed by atoms with E-state index in [1.807, 2.05) is 12.1 Å². The summed E-state index contributed by atoms with van der Waals surface area (Å²) < 4.78 is 0. The Kier molecular flexibility index (Phi) is 5.60. The normalized spacial score (nSPS) is 19.1. The van der Waals surface area contributed by atoms with Crippen LogP contribution in [0.4, 0.5) is 0 Å². The van der Waals surface area contributed by atoms with Gasteiger partial charge < -0.3 is 10.2 Å². The lowest BCUT2D eigenvalue weighted by atomic mass is 10.3. The molecular weight excluding hydrogens is 192 g/mol. The van der Waals surface area contributed by atoms with Gasteiger partial charge in [-0.15, -0.1) is 0 Å². The molecule has 0 saturated carbocycles. The monoisotopic (exact) mass is 214 g/mol. The summed E-state index contributed by atoms with van der Waals surface area (Å²) in [4.78, 5) is 13.7. The zero-order valence-electron chi connectivity index (χ0n) is 9.75. The van der Waals surface area contributed by atoms with Crippen LogP contribution in [0, 0.1) is 0 Å². The van der Waals surface area contributed by atoms with E-state index in [4.69, 9.17) is 0 Å². The van der Waals surface area contributed by atoms with Crippen molar-refractivity contribution < 1.29 is 4.79 Å². The third-order valence-electron chi connectivity index (χ3n) is 2.62. The summed E-state index contributed by atoms with van der Waals surface area (Å²) in [7, 11) is 4.00. The zero-order valence-corrected chi connectivity index (χ0v) is 9.75. The van der Waals surface area contributed by atoms with Gasteiger partial charge in [-0.2, -0.15) is 0 Å². The standard InChI is InChI=1S/C10H22N4O/c1-11-5-3-4-10(15)12-14-8-6-13(2)7-9-14/h11H,3-9H2,1-2H3,(H,12,15). The Morgan fingerprint density at radius 2 is 1.93 bits per heavy atom. The van der Waals surface area contributed by atoms with Crippen LogP contribution in [0.3, 0.4) is 0 Å². The number of hydrogen-bond donors (Lipinski definition) is 2. The minimum absolute atomic E-state index is 0.134. The quantitative estimate of drug-likeness (QED) is 0.592. The molecule has 88 valence electrons. The zero-order chi connectivity index (χ0) is 11.1. The van der Waals surface area contributed by atoms with Crippen molar-refractivity contribution in [2.45, 2.75) is 12.8 Å². The van der Waals surface area contributed by atoms with Crippen molar-refractivity contribution in [1.82, 2.24) is 20.7 Å². The average Bonchev–Trinajstić information content (AvgIpc) is 2.22. The Labute approximate surface area is 91.8 Å². The maximum Gasteiger partial charge on any atom is 0.234 e. The molecule has 0 atom stereocenters. The fourth-order valence-corrected chi connectivity index (χ4v) is 1.58. The van der Waals surface area contributed by atoms with Crippen LogP contribution in [-0.2, 0) is 4.79 Å². The average molecular weight is 214 g/mol. The van der Waals surface area contributed by atoms with Gasteiger partial charge in [-0.05, 0) is 27.1 Å². The summed E-state index contributed by atoms with van der Waals surface area (Å²) in [6.07, 6.45) is 1.50. The second-order valence-electron chi connectivity index (χ2n) is 4.03. The molecular formula is C10H22N4O. The minimum atomic E-state index is 0.134. The molecule has 1 amide bonds. The molecule has 0 aromatic rings. The Hall–Kier alpha value is -0.650. The van der Waals surface area contributed by atoms with E-state index >= 15 is 0 Å². The fraction of sp³-hybridized carbons (Fsp3) is 0.900. The van der Waals surface area contributed by atoms with E-state index in [1.165, 1.54) is 0 Å². The van der Waals surface area contributed by atoms with E-state index in [1.54, 1.807) is 0 Å². The molecule has 1 fully saturated rings. The van der Waals surface area contributed by atoms with Gasteiger partial charge in [-0.3, -0.25) is 10.2 Å². The molecule has 5 nitrogen and oxygen atoms in total. The van der Waals surface area contributed by atoms with Crippen LogP contribution in [0.2, 0.25) is 0 Å². The summed E-state index contributed by atoms with van der Waals surface area (Å²) in [5.74, 6) is 0.134. The third-order valence-corrected chi connectivity index (χ3v) is 2.62. The number of hydrazine groups is 1. The number of rotatable bonds is 5. The van der Waals surface area contributed by atoms with Gasteiger partial charge in [0.25, 0.3) is 0 Å². The summed E-state index contributed by atoms with van der Waals surface area (Å²) in [5.41, 5.74) is 2.94. The van der Waals surface area contributed by atoms with Crippen LogP contribution in [0.1, 0.15) is 12.8 Å². The smallest absolute Gasteiger partial charge is 0.234 e. The van der Waals surface area contributed by atoms with Gasteiger partial charge in [0.2, 0.25) is 5.91 Å². The molecule has 0 unspecified atom stereocenters. The lowest BCUT2D eigenvalue weighted by Crippen LogP contribution is -2.52. The summed E-state index contributed by atoms with van der Waals surface area (Å²) in [5, 5.41) is 5.05. The molecule has 1 aliphatic heterocycles. The Bertz CT molecular complexity index is 190. The highest BCUT2D eigenvalue weighted by molar-refractivity contribution is 5.75. The van der Waals surface area contributed by atoms with Gasteiger partial charge in [0, 0.05) is 32.6 Å². The minimum Gasteiger partial charge on any atom is -0.320 e. The molecule has 0 spiro atoms. The fourth-order valence-electron chi connectivity index (χ4n) is 1.58. The first-order valence-electron chi connectivity index (χ1n) is 5.60. The lowest BCUT2D eigenvalue weighted by Gasteiger charge is -2.32. The van der Waals surface area contributed by atoms with Crippen LogP contribution < -0.4 is 10.7 Å². The van der Waals surface area contributed by atoms with E-state index in [0.29, 0.717) is 6.42 Å². The Morgan fingerprint density at radius 3 is 2.53 bits per heavy atom. The summed E-state index contributed by atoms with van der Waals surface area (Å²) in [6, 6.07) is 0. The predicted octanol–water partition coefficient (Wildman–Crippen LogP) is -0.735. The van der Waals surface area contributed by atoms with Crippen molar-refractivity contribution in [1.29, 1.82) is 0 Å². The second-order valence-corrected chi connectivity index (χ2v) is 4.03. The molecule has 1 saturated heterocycles. The van der Waals surface area contributed by atoms with E-state index < -0.39 is 0 Å². The van der Waals surface area contributed by atoms with Crippen molar-refractivity contribution >= 4 is 5.91 Å². The van der Waals surface area contributed by atoms with Crippen LogP contribution in [0.25, 0.3) is 0 Å². The molecule has 0 bridgehead atoms. The largest absolute Gasteiger partial charge is 0.320 e. The van der Waals surface area contributed by atoms with Crippen molar-refractivity contribution in [3.8, 4) is 0 Å². The Morgan fingerprint density at radius 1 is 1.27 bits per heavy atom. The van der Waals surface area contributed by atoms with E-state index in [2.05, 4.69) is 22.7 Å². The number of nitrogens with zero attached hydrogens (tertiary/aromatic N) is 2. The number of amides is 1. The topological polar surface area (TPSA) is 47.6 Å².